The second-order valence-electron chi connectivity index (χ2n) is 5.27. The fourth-order valence-electron chi connectivity index (χ4n) is 2.38. The monoisotopic (exact) mass is 333 g/mol. The minimum absolute atomic E-state index is 0.154. The number of aromatic amines is 1. The fourth-order valence-corrected chi connectivity index (χ4v) is 2.38. The van der Waals surface area contributed by atoms with E-state index in [1.54, 1.807) is 24.7 Å². The molecule has 5 N–H and O–H groups in total. The predicted octanol–water partition coefficient (Wildman–Crippen LogP) is 2.08. The minimum Gasteiger partial charge on any atom is -0.368 e. The maximum Gasteiger partial charge on any atom is 0.223 e. The quantitative estimate of drug-likeness (QED) is 0.437. The van der Waals surface area contributed by atoms with Crippen molar-refractivity contribution in [1.29, 1.82) is 0 Å². The summed E-state index contributed by atoms with van der Waals surface area (Å²) in [5.41, 5.74) is 7.70. The van der Waals surface area contributed by atoms with Gasteiger partial charge in [0.15, 0.2) is 0 Å². The molecule has 25 heavy (non-hydrogen) atoms. The van der Waals surface area contributed by atoms with Crippen LogP contribution in [0.2, 0.25) is 0 Å². The number of aromatic nitrogens is 6. The topological polar surface area (TPSA) is 130 Å². The highest BCUT2D eigenvalue weighted by molar-refractivity contribution is 5.74. The van der Waals surface area contributed by atoms with E-state index in [1.165, 1.54) is 0 Å². The Balaban J connectivity index is 1.50. The van der Waals surface area contributed by atoms with E-state index in [0.29, 0.717) is 24.0 Å². The zero-order valence-electron chi connectivity index (χ0n) is 13.1. The smallest absolute Gasteiger partial charge is 0.223 e. The maximum atomic E-state index is 5.78. The molecule has 3 heterocycles. The molecule has 124 valence electrons. The lowest BCUT2D eigenvalue weighted by Gasteiger charge is -2.08. The van der Waals surface area contributed by atoms with Crippen LogP contribution in [0.3, 0.4) is 0 Å². The van der Waals surface area contributed by atoms with Crippen LogP contribution in [-0.2, 0) is 6.54 Å². The van der Waals surface area contributed by atoms with Gasteiger partial charge in [0, 0.05) is 18.5 Å². The molecule has 1 aromatic carbocycles. The van der Waals surface area contributed by atoms with Gasteiger partial charge in [0.1, 0.15) is 23.3 Å². The maximum absolute atomic E-state index is 5.78. The summed E-state index contributed by atoms with van der Waals surface area (Å²) in [7, 11) is 0. The Kier molecular flexibility index (Phi) is 3.79. The number of fused-ring (bicyclic) bond motifs is 1. The number of H-pyrrole nitrogens is 1. The number of imidazole rings is 1. The summed E-state index contributed by atoms with van der Waals surface area (Å²) in [5, 5.41) is 6.22. The molecule has 0 saturated carbocycles. The number of rotatable bonds is 5. The van der Waals surface area contributed by atoms with E-state index >= 15 is 0 Å². The number of nitrogens with two attached hydrogens (primary N) is 1. The van der Waals surface area contributed by atoms with Crippen LogP contribution >= 0.6 is 0 Å². The van der Waals surface area contributed by atoms with Gasteiger partial charge in [0.25, 0.3) is 0 Å². The average Bonchev–Trinajstić information content (AvgIpc) is 3.03. The van der Waals surface area contributed by atoms with Gasteiger partial charge in [0.2, 0.25) is 5.95 Å². The minimum atomic E-state index is 0.154. The van der Waals surface area contributed by atoms with E-state index in [2.05, 4.69) is 40.5 Å². The number of nitrogens with one attached hydrogen (secondary N) is 3. The Hall–Kier alpha value is -3.75. The standard InChI is InChI=1S/C16H15N9/c17-16-24-12(7-13(25-16)23-14-8-18-5-6-19-14)20-9-15-21-10-3-1-2-4-11(10)22-15/h1-8H,9H2,(H,21,22)(H4,17,19,20,23,24,25). The molecule has 0 aliphatic heterocycles. The number of anilines is 4. The van der Waals surface area contributed by atoms with Crippen LogP contribution < -0.4 is 16.4 Å². The number of hydrogen-bond acceptors (Lipinski definition) is 8. The van der Waals surface area contributed by atoms with Crippen LogP contribution in [0.15, 0.2) is 48.9 Å². The van der Waals surface area contributed by atoms with E-state index < -0.39 is 0 Å². The molecule has 3 aromatic heterocycles. The number of benzene rings is 1. The fraction of sp³-hybridized carbons (Fsp3) is 0.0625. The molecule has 0 atom stereocenters. The number of nitrogens with zero attached hydrogens (tertiary/aromatic N) is 5. The van der Waals surface area contributed by atoms with Crippen LogP contribution in [0.1, 0.15) is 5.82 Å². The summed E-state index contributed by atoms with van der Waals surface area (Å²) in [5.74, 6) is 2.64. The largest absolute Gasteiger partial charge is 0.368 e. The van der Waals surface area contributed by atoms with Gasteiger partial charge in [-0.2, -0.15) is 9.97 Å². The molecule has 4 rings (SSSR count). The van der Waals surface area contributed by atoms with Gasteiger partial charge in [-0.15, -0.1) is 0 Å². The molecule has 0 spiro atoms. The highest BCUT2D eigenvalue weighted by atomic mass is 15.2. The van der Waals surface area contributed by atoms with Crippen molar-refractivity contribution in [2.45, 2.75) is 6.54 Å². The number of hydrogen-bond donors (Lipinski definition) is 4. The summed E-state index contributed by atoms with van der Waals surface area (Å²) >= 11 is 0. The molecule has 9 heteroatoms. The van der Waals surface area contributed by atoms with Crippen molar-refractivity contribution in [3.05, 3.63) is 54.7 Å². The lowest BCUT2D eigenvalue weighted by atomic mass is 10.3. The van der Waals surface area contributed by atoms with Gasteiger partial charge >= 0.3 is 0 Å². The zero-order valence-corrected chi connectivity index (χ0v) is 13.1. The molecular formula is C16H15N9. The first-order valence-corrected chi connectivity index (χ1v) is 7.61. The third kappa shape index (κ3) is 3.44. The summed E-state index contributed by atoms with van der Waals surface area (Å²) in [6.07, 6.45) is 4.78. The van der Waals surface area contributed by atoms with E-state index in [0.717, 1.165) is 16.9 Å². The Morgan fingerprint density at radius 1 is 1.00 bits per heavy atom. The second kappa shape index (κ2) is 6.40. The van der Waals surface area contributed by atoms with Crippen LogP contribution in [-0.4, -0.2) is 29.9 Å². The lowest BCUT2D eigenvalue weighted by Crippen LogP contribution is -2.07. The average molecular weight is 333 g/mol. The van der Waals surface area contributed by atoms with Crippen LogP contribution in [0.5, 0.6) is 0 Å². The molecule has 0 unspecified atom stereocenters. The summed E-state index contributed by atoms with van der Waals surface area (Å²) < 4.78 is 0. The number of para-hydroxylation sites is 2. The molecule has 0 bridgehead atoms. The first-order valence-electron chi connectivity index (χ1n) is 7.61. The van der Waals surface area contributed by atoms with Crippen molar-refractivity contribution in [3.8, 4) is 0 Å². The molecular weight excluding hydrogens is 318 g/mol. The Morgan fingerprint density at radius 2 is 1.88 bits per heavy atom. The predicted molar refractivity (Wildman–Crippen MR) is 95.2 cm³/mol. The van der Waals surface area contributed by atoms with Gasteiger partial charge < -0.3 is 21.4 Å². The molecule has 0 aliphatic carbocycles. The van der Waals surface area contributed by atoms with Crippen LogP contribution in [0.4, 0.5) is 23.4 Å². The Labute approximate surface area is 142 Å². The van der Waals surface area contributed by atoms with E-state index in [1.807, 2.05) is 24.3 Å². The Bertz CT molecular complexity index is 964. The molecule has 0 radical (unpaired) electrons. The normalized spacial score (nSPS) is 10.7. The van der Waals surface area contributed by atoms with Crippen LogP contribution in [0.25, 0.3) is 11.0 Å². The summed E-state index contributed by atoms with van der Waals surface area (Å²) in [6, 6.07) is 9.61. The molecule has 0 saturated heterocycles. The summed E-state index contributed by atoms with van der Waals surface area (Å²) in [6.45, 7) is 0.482. The van der Waals surface area contributed by atoms with Crippen molar-refractivity contribution in [2.75, 3.05) is 16.4 Å². The van der Waals surface area contributed by atoms with E-state index in [9.17, 15) is 0 Å². The van der Waals surface area contributed by atoms with E-state index in [-0.39, 0.29) is 5.95 Å². The van der Waals surface area contributed by atoms with Crippen molar-refractivity contribution < 1.29 is 0 Å². The first-order chi connectivity index (χ1) is 12.3. The molecule has 9 nitrogen and oxygen atoms in total. The number of nitrogen functional groups attached to an aromatic ring is 1. The van der Waals surface area contributed by atoms with Crippen molar-refractivity contribution in [2.24, 2.45) is 0 Å². The van der Waals surface area contributed by atoms with Gasteiger partial charge in [-0.1, -0.05) is 12.1 Å². The van der Waals surface area contributed by atoms with E-state index in [4.69, 9.17) is 5.73 Å². The first kappa shape index (κ1) is 14.8. The SMILES string of the molecule is Nc1nc(NCc2nc3ccccc3[nH]2)cc(Nc2cnccn2)n1. The highest BCUT2D eigenvalue weighted by Crippen LogP contribution is 2.17. The van der Waals surface area contributed by atoms with Gasteiger partial charge in [-0.3, -0.25) is 4.98 Å². The third-order valence-corrected chi connectivity index (χ3v) is 3.44. The highest BCUT2D eigenvalue weighted by Gasteiger charge is 2.06. The third-order valence-electron chi connectivity index (χ3n) is 3.44. The zero-order chi connectivity index (χ0) is 17.1. The lowest BCUT2D eigenvalue weighted by molar-refractivity contribution is 0.994. The molecule has 0 aliphatic rings. The van der Waals surface area contributed by atoms with Crippen molar-refractivity contribution in [1.82, 2.24) is 29.9 Å². The summed E-state index contributed by atoms with van der Waals surface area (Å²) in [4.78, 5) is 24.2. The van der Waals surface area contributed by atoms with Gasteiger partial charge in [0.05, 0.1) is 23.8 Å². The molecule has 0 fully saturated rings. The second-order valence-corrected chi connectivity index (χ2v) is 5.27. The van der Waals surface area contributed by atoms with Crippen LogP contribution in [0, 0.1) is 0 Å². The van der Waals surface area contributed by atoms with Crippen molar-refractivity contribution in [3.63, 3.8) is 0 Å². The Morgan fingerprint density at radius 3 is 2.72 bits per heavy atom. The van der Waals surface area contributed by atoms with Crippen molar-refractivity contribution >= 4 is 34.4 Å². The molecule has 0 amide bonds. The van der Waals surface area contributed by atoms with Gasteiger partial charge in [-0.25, -0.2) is 9.97 Å². The van der Waals surface area contributed by atoms with Gasteiger partial charge in [-0.05, 0) is 12.1 Å². The molecule has 4 aromatic rings.